The van der Waals surface area contributed by atoms with Gasteiger partial charge in [0.25, 0.3) is 0 Å². The van der Waals surface area contributed by atoms with E-state index >= 15 is 0 Å². The van der Waals surface area contributed by atoms with Gasteiger partial charge in [-0.1, -0.05) is 13.8 Å². The van der Waals surface area contributed by atoms with Crippen LogP contribution in [0.2, 0.25) is 0 Å². The Morgan fingerprint density at radius 1 is 1.00 bits per heavy atom. The average Bonchev–Trinajstić information content (AvgIpc) is 3.25. The number of hydrogen-bond acceptors (Lipinski definition) is 4. The van der Waals surface area contributed by atoms with E-state index < -0.39 is 10.0 Å². The van der Waals surface area contributed by atoms with E-state index in [1.807, 2.05) is 4.90 Å². The highest BCUT2D eigenvalue weighted by molar-refractivity contribution is 7.89. The molecule has 144 valence electrons. The summed E-state index contributed by atoms with van der Waals surface area (Å²) < 4.78 is 27.0. The lowest BCUT2D eigenvalue weighted by atomic mass is 10.0. The third-order valence-corrected chi connectivity index (χ3v) is 8.24. The molecular formula is C18H33N3O3S. The molecule has 0 aromatic carbocycles. The highest BCUT2D eigenvalue weighted by Crippen LogP contribution is 2.26. The summed E-state index contributed by atoms with van der Waals surface area (Å²) in [6.07, 6.45) is 4.08. The molecule has 0 saturated carbocycles. The summed E-state index contributed by atoms with van der Waals surface area (Å²) in [4.78, 5) is 17.1. The number of hydrogen-bond donors (Lipinski definition) is 0. The number of carbonyl (C=O) groups is 1. The number of piperidine rings is 1. The molecule has 25 heavy (non-hydrogen) atoms. The van der Waals surface area contributed by atoms with E-state index in [2.05, 4.69) is 18.7 Å². The first-order valence-corrected chi connectivity index (χ1v) is 11.4. The molecule has 3 fully saturated rings. The van der Waals surface area contributed by atoms with Crippen molar-refractivity contribution in [3.05, 3.63) is 0 Å². The summed E-state index contributed by atoms with van der Waals surface area (Å²) in [7, 11) is -3.17. The highest BCUT2D eigenvalue weighted by Gasteiger charge is 2.38. The first-order valence-electron chi connectivity index (χ1n) is 9.88. The lowest BCUT2D eigenvalue weighted by molar-refractivity contribution is -0.136. The Bertz CT molecular complexity index is 564. The molecule has 6 nitrogen and oxygen atoms in total. The van der Waals surface area contributed by atoms with E-state index in [1.165, 1.54) is 0 Å². The Labute approximate surface area is 152 Å². The molecule has 3 rings (SSSR count). The van der Waals surface area contributed by atoms with Gasteiger partial charge in [0, 0.05) is 39.3 Å². The molecule has 0 N–H and O–H groups in total. The first kappa shape index (κ1) is 19.1. The molecule has 3 saturated heterocycles. The Morgan fingerprint density at radius 3 is 2.24 bits per heavy atom. The maximum Gasteiger partial charge on any atom is 0.227 e. The molecule has 7 heteroatoms. The predicted octanol–water partition coefficient (Wildman–Crippen LogP) is 1.38. The third-order valence-electron chi connectivity index (χ3n) is 5.84. The van der Waals surface area contributed by atoms with Crippen LogP contribution in [0.5, 0.6) is 0 Å². The minimum Gasteiger partial charge on any atom is -0.342 e. The van der Waals surface area contributed by atoms with Crippen LogP contribution in [0.4, 0.5) is 0 Å². The highest BCUT2D eigenvalue weighted by atomic mass is 32.2. The Kier molecular flexibility index (Phi) is 6.06. The third kappa shape index (κ3) is 4.37. The van der Waals surface area contributed by atoms with E-state index in [1.54, 1.807) is 4.31 Å². The van der Waals surface area contributed by atoms with E-state index in [4.69, 9.17) is 0 Å². The molecule has 1 atom stereocenters. The summed E-state index contributed by atoms with van der Waals surface area (Å²) in [5.41, 5.74) is 0. The monoisotopic (exact) mass is 371 g/mol. The number of carbonyl (C=O) groups excluding carboxylic acids is 1. The smallest absolute Gasteiger partial charge is 0.227 e. The van der Waals surface area contributed by atoms with Gasteiger partial charge in [-0.25, -0.2) is 12.7 Å². The zero-order valence-corrected chi connectivity index (χ0v) is 16.5. The largest absolute Gasteiger partial charge is 0.342 e. The van der Waals surface area contributed by atoms with Gasteiger partial charge in [-0.3, -0.25) is 4.79 Å². The summed E-state index contributed by atoms with van der Waals surface area (Å²) >= 11 is 0. The maximum absolute atomic E-state index is 12.8. The topological polar surface area (TPSA) is 60.9 Å². The number of likely N-dealkylation sites (tertiary alicyclic amines) is 2. The van der Waals surface area contributed by atoms with Crippen LogP contribution < -0.4 is 0 Å². The number of rotatable bonds is 5. The van der Waals surface area contributed by atoms with Crippen LogP contribution in [0.15, 0.2) is 0 Å². The number of nitrogens with zero attached hydrogens (tertiary/aromatic N) is 3. The second kappa shape index (κ2) is 7.92. The van der Waals surface area contributed by atoms with Crippen LogP contribution in [0.3, 0.4) is 0 Å². The fourth-order valence-corrected chi connectivity index (χ4v) is 6.50. The van der Waals surface area contributed by atoms with Gasteiger partial charge in [-0.2, -0.15) is 0 Å². The van der Waals surface area contributed by atoms with Crippen molar-refractivity contribution in [3.8, 4) is 0 Å². The van der Waals surface area contributed by atoms with Crippen LogP contribution >= 0.6 is 0 Å². The molecule has 0 bridgehead atoms. The molecule has 3 heterocycles. The van der Waals surface area contributed by atoms with Crippen molar-refractivity contribution in [1.82, 2.24) is 14.1 Å². The van der Waals surface area contributed by atoms with Crippen LogP contribution in [0, 0.1) is 11.8 Å². The second-order valence-electron chi connectivity index (χ2n) is 8.31. The molecule has 0 radical (unpaired) electrons. The summed E-state index contributed by atoms with van der Waals surface area (Å²) in [5, 5.41) is -0.296. The van der Waals surface area contributed by atoms with Crippen molar-refractivity contribution >= 4 is 15.9 Å². The van der Waals surface area contributed by atoms with E-state index in [0.29, 0.717) is 44.9 Å². The van der Waals surface area contributed by atoms with Crippen molar-refractivity contribution in [2.45, 2.75) is 51.2 Å². The van der Waals surface area contributed by atoms with Gasteiger partial charge in [-0.05, 0) is 44.6 Å². The van der Waals surface area contributed by atoms with Crippen molar-refractivity contribution in [2.24, 2.45) is 11.8 Å². The van der Waals surface area contributed by atoms with Crippen molar-refractivity contribution in [1.29, 1.82) is 0 Å². The van der Waals surface area contributed by atoms with Gasteiger partial charge < -0.3 is 9.80 Å². The van der Waals surface area contributed by atoms with Crippen molar-refractivity contribution in [3.63, 3.8) is 0 Å². The van der Waals surface area contributed by atoms with Crippen LogP contribution in [0.1, 0.15) is 46.0 Å². The van der Waals surface area contributed by atoms with Gasteiger partial charge >= 0.3 is 0 Å². The SMILES string of the molecule is CC(C)CN1CCC(C(=O)N2CCC(S(=O)(=O)N3CCCC3)CC2)C1. The van der Waals surface area contributed by atoms with Crippen molar-refractivity contribution in [2.75, 3.05) is 45.8 Å². The van der Waals surface area contributed by atoms with E-state index in [9.17, 15) is 13.2 Å². The normalized spacial score (nSPS) is 27.5. The number of sulfonamides is 1. The maximum atomic E-state index is 12.8. The Balaban J connectivity index is 1.50. The second-order valence-corrected chi connectivity index (χ2v) is 10.5. The van der Waals surface area contributed by atoms with Gasteiger partial charge in [0.05, 0.1) is 11.2 Å². The van der Waals surface area contributed by atoms with Crippen LogP contribution in [0.25, 0.3) is 0 Å². The van der Waals surface area contributed by atoms with Gasteiger partial charge in [-0.15, -0.1) is 0 Å². The molecule has 1 amide bonds. The molecule has 3 aliphatic heterocycles. The summed E-state index contributed by atoms with van der Waals surface area (Å²) in [6.45, 7) is 9.89. The van der Waals surface area contributed by atoms with Gasteiger partial charge in [0.1, 0.15) is 0 Å². The van der Waals surface area contributed by atoms with E-state index in [0.717, 1.165) is 38.9 Å². The first-order chi connectivity index (χ1) is 11.9. The quantitative estimate of drug-likeness (QED) is 0.733. The molecule has 0 spiro atoms. The van der Waals surface area contributed by atoms with Crippen molar-refractivity contribution < 1.29 is 13.2 Å². The Morgan fingerprint density at radius 2 is 1.64 bits per heavy atom. The van der Waals surface area contributed by atoms with Crippen LogP contribution in [-0.4, -0.2) is 79.5 Å². The van der Waals surface area contributed by atoms with E-state index in [-0.39, 0.29) is 17.1 Å². The molecular weight excluding hydrogens is 338 g/mol. The summed E-state index contributed by atoms with van der Waals surface area (Å²) in [5.74, 6) is 0.967. The fraction of sp³-hybridized carbons (Fsp3) is 0.944. The Hall–Kier alpha value is -0.660. The fourth-order valence-electron chi connectivity index (χ4n) is 4.50. The zero-order valence-electron chi connectivity index (χ0n) is 15.7. The molecule has 0 aromatic heterocycles. The lowest BCUT2D eigenvalue weighted by Crippen LogP contribution is -2.48. The standard InChI is InChI=1S/C18H33N3O3S/c1-15(2)13-19-10-5-16(14-19)18(22)20-11-6-17(7-12-20)25(23,24)21-8-3-4-9-21/h15-17H,3-14H2,1-2H3. The van der Waals surface area contributed by atoms with Gasteiger partial charge in [0.15, 0.2) is 0 Å². The minimum atomic E-state index is -3.17. The predicted molar refractivity (Wildman–Crippen MR) is 98.7 cm³/mol. The average molecular weight is 372 g/mol. The number of amides is 1. The lowest BCUT2D eigenvalue weighted by Gasteiger charge is -2.34. The van der Waals surface area contributed by atoms with Crippen LogP contribution in [-0.2, 0) is 14.8 Å². The molecule has 1 unspecified atom stereocenters. The molecule has 0 aromatic rings. The molecule has 0 aliphatic carbocycles. The van der Waals surface area contributed by atoms with Gasteiger partial charge in [0.2, 0.25) is 15.9 Å². The minimum absolute atomic E-state index is 0.102. The summed E-state index contributed by atoms with van der Waals surface area (Å²) in [6, 6.07) is 0. The zero-order chi connectivity index (χ0) is 18.0. The molecule has 3 aliphatic rings.